The van der Waals surface area contributed by atoms with Crippen molar-refractivity contribution >= 4 is 11.8 Å². The van der Waals surface area contributed by atoms with Gasteiger partial charge in [-0.15, -0.1) is 10.2 Å². The van der Waals surface area contributed by atoms with E-state index >= 15 is 0 Å². The number of nitrogens with two attached hydrogens (primary N) is 1. The van der Waals surface area contributed by atoms with Crippen LogP contribution in [-0.4, -0.2) is 50.9 Å². The highest BCUT2D eigenvalue weighted by Gasteiger charge is 2.17. The van der Waals surface area contributed by atoms with E-state index in [1.165, 1.54) is 7.05 Å². The van der Waals surface area contributed by atoms with Gasteiger partial charge in [0.2, 0.25) is 5.91 Å². The molecule has 0 aliphatic rings. The van der Waals surface area contributed by atoms with Gasteiger partial charge in [-0.05, 0) is 5.21 Å². The predicted octanol–water partition coefficient (Wildman–Crippen LogP) is -2.24. The maximum Gasteiger partial charge on any atom is 0.295 e. The quantitative estimate of drug-likeness (QED) is 0.550. The number of rotatable bonds is 3. The van der Waals surface area contributed by atoms with Crippen molar-refractivity contribution < 1.29 is 9.59 Å². The van der Waals surface area contributed by atoms with Gasteiger partial charge >= 0.3 is 0 Å². The lowest BCUT2D eigenvalue weighted by Crippen LogP contribution is -2.35. The van der Waals surface area contributed by atoms with Crippen molar-refractivity contribution in [2.75, 3.05) is 13.6 Å². The molecule has 1 aromatic rings. The minimum absolute atomic E-state index is 0.0937. The molecule has 8 heteroatoms. The molecule has 0 bridgehead atoms. The van der Waals surface area contributed by atoms with Gasteiger partial charge in [0.1, 0.15) is 0 Å². The Bertz CT molecular complexity index is 307. The summed E-state index contributed by atoms with van der Waals surface area (Å²) >= 11 is 0. The Hall–Kier alpha value is -1.99. The number of likely N-dealkylation sites (N-methyl/N-ethyl adjacent to an activating group) is 1. The summed E-state index contributed by atoms with van der Waals surface area (Å²) in [5.74, 6) is -1.20. The fourth-order valence-corrected chi connectivity index (χ4v) is 0.729. The molecular formula is C5H8N6O2. The van der Waals surface area contributed by atoms with Crippen LogP contribution in [0.5, 0.6) is 0 Å². The monoisotopic (exact) mass is 184 g/mol. The van der Waals surface area contributed by atoms with Crippen molar-refractivity contribution in [1.82, 2.24) is 25.5 Å². The molecule has 70 valence electrons. The molecule has 0 spiro atoms. The Morgan fingerprint density at radius 3 is 2.77 bits per heavy atom. The molecule has 13 heavy (non-hydrogen) atoms. The molecule has 8 nitrogen and oxygen atoms in total. The van der Waals surface area contributed by atoms with Gasteiger partial charge < -0.3 is 10.6 Å². The molecule has 0 aliphatic heterocycles. The molecule has 0 unspecified atom stereocenters. The molecule has 1 aromatic heterocycles. The first-order valence-corrected chi connectivity index (χ1v) is 3.38. The van der Waals surface area contributed by atoms with E-state index in [9.17, 15) is 9.59 Å². The Labute approximate surface area is 73.1 Å². The van der Waals surface area contributed by atoms with Crippen LogP contribution >= 0.6 is 0 Å². The molecule has 1 rings (SSSR count). The summed E-state index contributed by atoms with van der Waals surface area (Å²) < 4.78 is 0. The van der Waals surface area contributed by atoms with Crippen LogP contribution < -0.4 is 5.73 Å². The van der Waals surface area contributed by atoms with Gasteiger partial charge in [-0.25, -0.2) is 0 Å². The van der Waals surface area contributed by atoms with Crippen molar-refractivity contribution in [2.24, 2.45) is 5.73 Å². The zero-order valence-electron chi connectivity index (χ0n) is 6.89. The molecule has 2 amide bonds. The Morgan fingerprint density at radius 2 is 2.31 bits per heavy atom. The lowest BCUT2D eigenvalue weighted by atomic mass is 10.4. The summed E-state index contributed by atoms with van der Waals surface area (Å²) in [5.41, 5.74) is 4.89. The third-order valence-electron chi connectivity index (χ3n) is 1.28. The fraction of sp³-hybridized carbons (Fsp3) is 0.400. The number of aromatic amines is 1. The van der Waals surface area contributed by atoms with Crippen LogP contribution in [0.1, 0.15) is 10.6 Å². The first kappa shape index (κ1) is 9.10. The number of H-pyrrole nitrogens is 1. The predicted molar refractivity (Wildman–Crippen MR) is 40.3 cm³/mol. The second-order valence-electron chi connectivity index (χ2n) is 2.36. The largest absolute Gasteiger partial charge is 0.368 e. The van der Waals surface area contributed by atoms with Gasteiger partial charge in [-0.2, -0.15) is 5.21 Å². The van der Waals surface area contributed by atoms with Crippen LogP contribution in [0.3, 0.4) is 0 Å². The van der Waals surface area contributed by atoms with Crippen molar-refractivity contribution in [1.29, 1.82) is 0 Å². The molecule has 0 aromatic carbocycles. The maximum atomic E-state index is 11.3. The van der Waals surface area contributed by atoms with Crippen molar-refractivity contribution in [3.8, 4) is 0 Å². The number of carbonyl (C=O) groups excluding carboxylic acids is 2. The standard InChI is InChI=1S/C5H8N6O2/c1-11(2-3(6)12)5(13)4-7-9-10-8-4/h2H2,1H3,(H2,6,12)(H,7,8,9,10). The van der Waals surface area contributed by atoms with Crippen LogP contribution in [0.4, 0.5) is 0 Å². The summed E-state index contributed by atoms with van der Waals surface area (Å²) in [7, 11) is 1.42. The van der Waals surface area contributed by atoms with Crippen LogP contribution in [0.25, 0.3) is 0 Å². The Morgan fingerprint density at radius 1 is 1.62 bits per heavy atom. The van der Waals surface area contributed by atoms with Crippen LogP contribution in [0.2, 0.25) is 0 Å². The Balaban J connectivity index is 2.63. The number of aromatic nitrogens is 4. The van der Waals surface area contributed by atoms with Gasteiger partial charge in [-0.1, -0.05) is 0 Å². The third kappa shape index (κ3) is 2.22. The van der Waals surface area contributed by atoms with E-state index in [2.05, 4.69) is 20.6 Å². The van der Waals surface area contributed by atoms with E-state index < -0.39 is 11.8 Å². The third-order valence-corrected chi connectivity index (χ3v) is 1.28. The second-order valence-corrected chi connectivity index (χ2v) is 2.36. The Kier molecular flexibility index (Phi) is 2.52. The summed E-state index contributed by atoms with van der Waals surface area (Å²) in [6.45, 7) is -0.173. The number of amides is 2. The molecular weight excluding hydrogens is 176 g/mol. The average molecular weight is 184 g/mol. The lowest BCUT2D eigenvalue weighted by Gasteiger charge is -2.11. The second kappa shape index (κ2) is 3.61. The van der Waals surface area contributed by atoms with Crippen molar-refractivity contribution in [3.05, 3.63) is 5.82 Å². The minimum atomic E-state index is -0.598. The van der Waals surface area contributed by atoms with Gasteiger partial charge in [0.25, 0.3) is 11.7 Å². The highest BCUT2D eigenvalue weighted by Crippen LogP contribution is 1.92. The van der Waals surface area contributed by atoms with E-state index in [0.717, 1.165) is 4.90 Å². The smallest absolute Gasteiger partial charge is 0.295 e. The first-order chi connectivity index (χ1) is 6.11. The molecule has 0 aliphatic carbocycles. The van der Waals surface area contributed by atoms with Gasteiger partial charge in [0, 0.05) is 7.05 Å². The highest BCUT2D eigenvalue weighted by atomic mass is 16.2. The summed E-state index contributed by atoms with van der Waals surface area (Å²) in [6, 6.07) is 0. The number of nitrogens with one attached hydrogen (secondary N) is 1. The SMILES string of the molecule is CN(CC(N)=O)C(=O)c1nn[nH]n1. The number of tetrazole rings is 1. The van der Waals surface area contributed by atoms with Crippen LogP contribution in [0, 0.1) is 0 Å². The molecule has 0 saturated carbocycles. The lowest BCUT2D eigenvalue weighted by molar-refractivity contribution is -0.118. The van der Waals surface area contributed by atoms with E-state index in [-0.39, 0.29) is 12.4 Å². The summed E-state index contributed by atoms with van der Waals surface area (Å²) in [6.07, 6.45) is 0. The van der Waals surface area contributed by atoms with Crippen molar-refractivity contribution in [2.45, 2.75) is 0 Å². The molecule has 0 saturated heterocycles. The van der Waals surface area contributed by atoms with E-state index in [4.69, 9.17) is 5.73 Å². The summed E-state index contributed by atoms with van der Waals surface area (Å²) in [4.78, 5) is 22.8. The normalized spacial score (nSPS) is 9.62. The van der Waals surface area contributed by atoms with Gasteiger partial charge in [0.05, 0.1) is 6.54 Å². The zero-order valence-corrected chi connectivity index (χ0v) is 6.89. The fourth-order valence-electron chi connectivity index (χ4n) is 0.729. The number of hydrogen-bond acceptors (Lipinski definition) is 5. The van der Waals surface area contributed by atoms with Gasteiger partial charge in [0.15, 0.2) is 0 Å². The number of hydrogen-bond donors (Lipinski definition) is 2. The molecule has 0 atom stereocenters. The van der Waals surface area contributed by atoms with Crippen LogP contribution in [0.15, 0.2) is 0 Å². The number of carbonyl (C=O) groups is 2. The molecule has 0 radical (unpaired) electrons. The van der Waals surface area contributed by atoms with Crippen molar-refractivity contribution in [3.63, 3.8) is 0 Å². The van der Waals surface area contributed by atoms with E-state index in [1.807, 2.05) is 0 Å². The molecule has 3 N–H and O–H groups in total. The van der Waals surface area contributed by atoms with E-state index in [0.29, 0.717) is 0 Å². The van der Waals surface area contributed by atoms with E-state index in [1.54, 1.807) is 0 Å². The van der Waals surface area contributed by atoms with Crippen LogP contribution in [-0.2, 0) is 4.79 Å². The molecule has 0 fully saturated rings. The number of nitrogens with zero attached hydrogens (tertiary/aromatic N) is 4. The topological polar surface area (TPSA) is 118 Å². The summed E-state index contributed by atoms with van der Waals surface area (Å²) in [5, 5.41) is 12.2. The highest BCUT2D eigenvalue weighted by molar-refractivity contribution is 5.92. The first-order valence-electron chi connectivity index (χ1n) is 3.38. The number of primary amides is 1. The molecule has 1 heterocycles. The average Bonchev–Trinajstić information content (AvgIpc) is 2.53. The minimum Gasteiger partial charge on any atom is -0.368 e. The van der Waals surface area contributed by atoms with Gasteiger partial charge in [-0.3, -0.25) is 9.59 Å². The maximum absolute atomic E-state index is 11.3. The zero-order chi connectivity index (χ0) is 9.84.